The molecule has 0 unspecified atom stereocenters. The van der Waals surface area contributed by atoms with E-state index in [0.717, 1.165) is 5.71 Å². The summed E-state index contributed by atoms with van der Waals surface area (Å²) in [4.78, 5) is 4.01. The number of hydrogen-bond acceptors (Lipinski definition) is 2. The summed E-state index contributed by atoms with van der Waals surface area (Å²) in [6.07, 6.45) is 0. The molecule has 0 amide bonds. The van der Waals surface area contributed by atoms with Gasteiger partial charge in [0.05, 0.1) is 0 Å². The third kappa shape index (κ3) is 2.07. The van der Waals surface area contributed by atoms with Crippen molar-refractivity contribution in [2.75, 3.05) is 14.1 Å². The smallest absolute Gasteiger partial charge is 0.0416 e. The summed E-state index contributed by atoms with van der Waals surface area (Å²) in [5.74, 6) is 0. The number of rotatable bonds is 2. The van der Waals surface area contributed by atoms with Crippen LogP contribution in [0.4, 0.5) is 0 Å². The zero-order valence-electron chi connectivity index (χ0n) is 6.02. The zero-order valence-corrected chi connectivity index (χ0v) is 6.02. The van der Waals surface area contributed by atoms with Gasteiger partial charge in [-0.15, -0.1) is 0 Å². The van der Waals surface area contributed by atoms with Crippen LogP contribution < -0.4 is 5.32 Å². The first-order valence-electron chi connectivity index (χ1n) is 2.83. The van der Waals surface area contributed by atoms with E-state index in [1.165, 1.54) is 0 Å². The minimum absolute atomic E-state index is 0.417. The van der Waals surface area contributed by atoms with Crippen LogP contribution in [0.3, 0.4) is 0 Å². The minimum Gasteiger partial charge on any atom is -0.312 e. The Bertz CT molecular complexity index is 86.5. The molecule has 0 aliphatic rings. The van der Waals surface area contributed by atoms with E-state index >= 15 is 0 Å². The van der Waals surface area contributed by atoms with Crippen LogP contribution in [-0.4, -0.2) is 25.8 Å². The van der Waals surface area contributed by atoms with Crippen molar-refractivity contribution in [3.63, 3.8) is 0 Å². The third-order valence-electron chi connectivity index (χ3n) is 1.41. The molecule has 1 N–H and O–H groups in total. The average Bonchev–Trinajstić information content (AvgIpc) is 1.84. The van der Waals surface area contributed by atoms with Crippen LogP contribution in [0.2, 0.25) is 0 Å². The lowest BCUT2D eigenvalue weighted by Gasteiger charge is -2.06. The van der Waals surface area contributed by atoms with Gasteiger partial charge in [-0.3, -0.25) is 4.99 Å². The average molecular weight is 114 g/mol. The molecule has 0 fully saturated rings. The Morgan fingerprint density at radius 2 is 2.12 bits per heavy atom. The molecule has 0 radical (unpaired) electrons. The molecule has 0 heterocycles. The molecular formula is C6H14N2. The van der Waals surface area contributed by atoms with E-state index < -0.39 is 0 Å². The molecule has 2 heteroatoms. The van der Waals surface area contributed by atoms with Crippen molar-refractivity contribution in [2.45, 2.75) is 19.9 Å². The molecule has 1 atom stereocenters. The summed E-state index contributed by atoms with van der Waals surface area (Å²) in [6, 6.07) is 0.417. The normalized spacial score (nSPS) is 16.2. The highest BCUT2D eigenvalue weighted by Gasteiger charge is 1.97. The lowest BCUT2D eigenvalue weighted by Crippen LogP contribution is -2.28. The molecule has 0 bridgehead atoms. The third-order valence-corrected chi connectivity index (χ3v) is 1.41. The Hall–Kier alpha value is -0.370. The number of aliphatic imine (C=N–C) groups is 1. The largest absolute Gasteiger partial charge is 0.312 e. The maximum atomic E-state index is 4.01. The summed E-state index contributed by atoms with van der Waals surface area (Å²) in [6.45, 7) is 4.10. The predicted octanol–water partition coefficient (Wildman–Crippen LogP) is 0.685. The van der Waals surface area contributed by atoms with Gasteiger partial charge in [0, 0.05) is 18.8 Å². The molecule has 8 heavy (non-hydrogen) atoms. The molecule has 0 aromatic carbocycles. The maximum Gasteiger partial charge on any atom is 0.0416 e. The van der Waals surface area contributed by atoms with E-state index in [1.807, 2.05) is 21.0 Å². The first-order chi connectivity index (χ1) is 3.72. The van der Waals surface area contributed by atoms with Crippen molar-refractivity contribution < 1.29 is 0 Å². The zero-order chi connectivity index (χ0) is 6.57. The van der Waals surface area contributed by atoms with Gasteiger partial charge in [-0.05, 0) is 20.9 Å². The molecular weight excluding hydrogens is 100 g/mol. The molecule has 0 saturated carbocycles. The fourth-order valence-electron chi connectivity index (χ4n) is 0.403. The van der Waals surface area contributed by atoms with Crippen molar-refractivity contribution >= 4 is 5.71 Å². The SMILES string of the molecule is CN=C(C)[C@@H](C)NC. The van der Waals surface area contributed by atoms with Crippen LogP contribution in [0.1, 0.15) is 13.8 Å². The van der Waals surface area contributed by atoms with Crippen LogP contribution >= 0.6 is 0 Å². The molecule has 0 aliphatic carbocycles. The Morgan fingerprint density at radius 1 is 1.62 bits per heavy atom. The fourth-order valence-corrected chi connectivity index (χ4v) is 0.403. The van der Waals surface area contributed by atoms with Gasteiger partial charge >= 0.3 is 0 Å². The molecule has 0 rings (SSSR count). The number of hydrogen-bond donors (Lipinski definition) is 1. The molecule has 48 valence electrons. The van der Waals surface area contributed by atoms with Gasteiger partial charge in [-0.2, -0.15) is 0 Å². The summed E-state index contributed by atoms with van der Waals surface area (Å²) in [5, 5.41) is 3.08. The number of nitrogens with one attached hydrogen (secondary N) is 1. The molecule has 0 aromatic rings. The quantitative estimate of drug-likeness (QED) is 0.525. The predicted molar refractivity (Wildman–Crippen MR) is 37.6 cm³/mol. The summed E-state index contributed by atoms with van der Waals surface area (Å²) in [7, 11) is 3.74. The Labute approximate surface area is 51.0 Å². The van der Waals surface area contributed by atoms with Crippen LogP contribution in [0, 0.1) is 0 Å². The monoisotopic (exact) mass is 114 g/mol. The Morgan fingerprint density at radius 3 is 2.25 bits per heavy atom. The second-order valence-corrected chi connectivity index (χ2v) is 1.88. The van der Waals surface area contributed by atoms with Gasteiger partial charge in [0.2, 0.25) is 0 Å². The highest BCUT2D eigenvalue weighted by molar-refractivity contribution is 5.86. The van der Waals surface area contributed by atoms with E-state index in [4.69, 9.17) is 0 Å². The lowest BCUT2D eigenvalue weighted by molar-refractivity contribution is 0.758. The Kier molecular flexibility index (Phi) is 3.44. The van der Waals surface area contributed by atoms with Crippen LogP contribution in [0.5, 0.6) is 0 Å². The maximum absolute atomic E-state index is 4.01. The molecule has 0 saturated heterocycles. The molecule has 0 aliphatic heterocycles. The van der Waals surface area contributed by atoms with E-state index in [2.05, 4.69) is 17.2 Å². The first kappa shape index (κ1) is 7.63. The molecule has 0 aromatic heterocycles. The fraction of sp³-hybridized carbons (Fsp3) is 0.833. The summed E-state index contributed by atoms with van der Waals surface area (Å²) >= 11 is 0. The number of nitrogens with zero attached hydrogens (tertiary/aromatic N) is 1. The summed E-state index contributed by atoms with van der Waals surface area (Å²) in [5.41, 5.74) is 1.15. The van der Waals surface area contributed by atoms with E-state index in [1.54, 1.807) is 0 Å². The van der Waals surface area contributed by atoms with Crippen LogP contribution in [0.25, 0.3) is 0 Å². The van der Waals surface area contributed by atoms with Gasteiger partial charge in [0.15, 0.2) is 0 Å². The lowest BCUT2D eigenvalue weighted by atomic mass is 10.2. The second-order valence-electron chi connectivity index (χ2n) is 1.88. The molecule has 0 spiro atoms. The van der Waals surface area contributed by atoms with Gasteiger partial charge in [-0.25, -0.2) is 0 Å². The van der Waals surface area contributed by atoms with Crippen molar-refractivity contribution in [1.82, 2.24) is 5.32 Å². The summed E-state index contributed by atoms with van der Waals surface area (Å²) < 4.78 is 0. The van der Waals surface area contributed by atoms with Crippen LogP contribution in [0.15, 0.2) is 4.99 Å². The van der Waals surface area contributed by atoms with E-state index in [-0.39, 0.29) is 0 Å². The Balaban J connectivity index is 3.63. The van der Waals surface area contributed by atoms with Gasteiger partial charge in [-0.1, -0.05) is 0 Å². The highest BCUT2D eigenvalue weighted by Crippen LogP contribution is 1.82. The van der Waals surface area contributed by atoms with E-state index in [9.17, 15) is 0 Å². The van der Waals surface area contributed by atoms with Crippen molar-refractivity contribution in [1.29, 1.82) is 0 Å². The minimum atomic E-state index is 0.417. The second kappa shape index (κ2) is 3.61. The first-order valence-corrected chi connectivity index (χ1v) is 2.83. The van der Waals surface area contributed by atoms with Crippen LogP contribution in [-0.2, 0) is 0 Å². The highest BCUT2D eigenvalue weighted by atomic mass is 14.9. The van der Waals surface area contributed by atoms with E-state index in [0.29, 0.717) is 6.04 Å². The topological polar surface area (TPSA) is 24.4 Å². The standard InChI is InChI=1S/C6H14N2/c1-5(7-3)6(2)8-4/h5,7H,1-4H3/t5-/m1/s1. The van der Waals surface area contributed by atoms with Gasteiger partial charge in [0.1, 0.15) is 0 Å². The van der Waals surface area contributed by atoms with Crippen molar-refractivity contribution in [3.05, 3.63) is 0 Å². The van der Waals surface area contributed by atoms with Crippen molar-refractivity contribution in [2.24, 2.45) is 4.99 Å². The van der Waals surface area contributed by atoms with Crippen molar-refractivity contribution in [3.8, 4) is 0 Å². The van der Waals surface area contributed by atoms with Gasteiger partial charge in [0.25, 0.3) is 0 Å². The van der Waals surface area contributed by atoms with Gasteiger partial charge < -0.3 is 5.32 Å². The molecule has 2 nitrogen and oxygen atoms in total.